The Morgan fingerprint density at radius 3 is 2.54 bits per heavy atom. The number of thiophene rings is 1. The summed E-state index contributed by atoms with van der Waals surface area (Å²) in [6.45, 7) is 1.97. The average Bonchev–Trinajstić information content (AvgIpc) is 3.70. The van der Waals surface area contributed by atoms with E-state index in [1.54, 1.807) is 23.6 Å². The van der Waals surface area contributed by atoms with Gasteiger partial charge in [0.1, 0.15) is 11.5 Å². The summed E-state index contributed by atoms with van der Waals surface area (Å²) in [5.41, 5.74) is 2.21. The van der Waals surface area contributed by atoms with Crippen LogP contribution in [-0.2, 0) is 10.2 Å². The van der Waals surface area contributed by atoms with Gasteiger partial charge in [-0.3, -0.25) is 24.5 Å². The van der Waals surface area contributed by atoms with Gasteiger partial charge in [0, 0.05) is 34.6 Å². The van der Waals surface area contributed by atoms with E-state index in [1.807, 2.05) is 60.4 Å². The largest absolute Gasteiger partial charge is 0.352 e. The third-order valence-corrected chi connectivity index (χ3v) is 9.42. The number of anilines is 2. The van der Waals surface area contributed by atoms with Gasteiger partial charge in [-0.25, -0.2) is 0 Å². The van der Waals surface area contributed by atoms with Crippen molar-refractivity contribution in [3.63, 3.8) is 0 Å². The number of nitrogens with zero attached hydrogens (tertiary/aromatic N) is 2. The number of ketones is 2. The number of rotatable bonds is 5. The number of amides is 1. The maximum absolute atomic E-state index is 14.8. The molecule has 1 amide bonds. The molecule has 4 atom stereocenters. The zero-order chi connectivity index (χ0) is 28.5. The number of para-hydroxylation sites is 2. The van der Waals surface area contributed by atoms with E-state index in [-0.39, 0.29) is 22.9 Å². The number of benzene rings is 3. The van der Waals surface area contributed by atoms with E-state index in [0.717, 1.165) is 16.8 Å². The van der Waals surface area contributed by atoms with E-state index in [4.69, 9.17) is 0 Å². The van der Waals surface area contributed by atoms with Gasteiger partial charge in [-0.05, 0) is 41.6 Å². The molecule has 1 spiro atoms. The molecule has 0 radical (unpaired) electrons. The summed E-state index contributed by atoms with van der Waals surface area (Å²) in [4.78, 5) is 57.1. The lowest BCUT2D eigenvalue weighted by Gasteiger charge is -2.39. The fourth-order valence-electron chi connectivity index (χ4n) is 6.90. The van der Waals surface area contributed by atoms with Crippen molar-refractivity contribution < 1.29 is 19.3 Å². The van der Waals surface area contributed by atoms with Gasteiger partial charge in [0.05, 0.1) is 21.8 Å². The van der Waals surface area contributed by atoms with Crippen molar-refractivity contribution in [2.24, 2.45) is 5.92 Å². The van der Waals surface area contributed by atoms with Gasteiger partial charge in [0.2, 0.25) is 5.91 Å². The first-order valence-electron chi connectivity index (χ1n) is 13.2. The fourth-order valence-corrected chi connectivity index (χ4v) is 7.60. The third-order valence-electron chi connectivity index (χ3n) is 8.54. The van der Waals surface area contributed by atoms with Gasteiger partial charge in [-0.2, -0.15) is 0 Å². The number of carbonyl (C=O) groups is 3. The monoisotopic (exact) mass is 561 g/mol. The SMILES string of the molecule is CC1=C[C@@H]2N(c3ccccc31)[C@@H](C(=O)c1cccs1)[C@H](C(=O)c1cccc([N+](=O)[O-])c1)[C@@]21C(=O)Nc2ccccc21. The van der Waals surface area contributed by atoms with E-state index in [9.17, 15) is 24.5 Å². The molecule has 3 aliphatic heterocycles. The Bertz CT molecular complexity index is 1810. The third kappa shape index (κ3) is 3.42. The number of nitro benzene ring substituents is 1. The van der Waals surface area contributed by atoms with Gasteiger partial charge in [0.25, 0.3) is 5.69 Å². The van der Waals surface area contributed by atoms with Crippen LogP contribution < -0.4 is 10.2 Å². The first-order chi connectivity index (χ1) is 19.8. The number of nitro groups is 1. The first kappa shape index (κ1) is 25.1. The smallest absolute Gasteiger partial charge is 0.270 e. The van der Waals surface area contributed by atoms with Crippen LogP contribution in [0.3, 0.4) is 0 Å². The predicted molar refractivity (Wildman–Crippen MR) is 156 cm³/mol. The Kier molecular flexibility index (Phi) is 5.55. The molecule has 0 aliphatic carbocycles. The van der Waals surface area contributed by atoms with Crippen molar-refractivity contribution in [1.82, 2.24) is 0 Å². The average molecular weight is 562 g/mol. The second-order valence-corrected chi connectivity index (χ2v) is 11.5. The van der Waals surface area contributed by atoms with Crippen LogP contribution in [0.2, 0.25) is 0 Å². The van der Waals surface area contributed by atoms with Gasteiger partial charge in [0.15, 0.2) is 11.6 Å². The summed E-state index contributed by atoms with van der Waals surface area (Å²) in [5.74, 6) is -2.32. The molecular weight excluding hydrogens is 538 g/mol. The summed E-state index contributed by atoms with van der Waals surface area (Å²) < 4.78 is 0. The number of hydrogen-bond donors (Lipinski definition) is 1. The molecule has 4 aromatic rings. The molecule has 0 saturated carbocycles. The molecule has 202 valence electrons. The van der Waals surface area contributed by atoms with Gasteiger partial charge < -0.3 is 10.2 Å². The Morgan fingerprint density at radius 1 is 0.976 bits per heavy atom. The minimum atomic E-state index is -1.47. The normalized spacial score (nSPS) is 23.8. The van der Waals surface area contributed by atoms with Gasteiger partial charge >= 0.3 is 0 Å². The van der Waals surface area contributed by atoms with Crippen molar-refractivity contribution in [3.8, 4) is 0 Å². The van der Waals surface area contributed by atoms with Crippen LogP contribution in [0.4, 0.5) is 17.1 Å². The van der Waals surface area contributed by atoms with Crippen LogP contribution in [0.1, 0.15) is 38.1 Å². The Labute approximate surface area is 239 Å². The number of Topliss-reactive ketones (excluding diaryl/α,β-unsaturated/α-hetero) is 2. The standard InChI is InChI=1S/C32H23N3O5S/c1-18-16-26-32(22-11-3-4-12-23(22)33-31(32)38)27(29(36)19-8-6-9-20(17-19)35(39)40)28(30(37)25-14-7-15-41-25)34(26)24-13-5-2-10-21(18)24/h2-17,26-28H,1H3,(H,33,38)/t26-,27+,28+,32-/m0/s1. The van der Waals surface area contributed by atoms with Crippen molar-refractivity contribution in [3.05, 3.63) is 128 Å². The molecule has 7 rings (SSSR count). The van der Waals surface area contributed by atoms with Gasteiger partial charge in [-0.15, -0.1) is 11.3 Å². The second kappa shape index (κ2) is 9.07. The van der Waals surface area contributed by atoms with Crippen LogP contribution in [0.15, 0.2) is 96.4 Å². The maximum atomic E-state index is 14.8. The first-order valence-corrected chi connectivity index (χ1v) is 14.1. The number of carbonyl (C=O) groups excluding carboxylic acids is 3. The highest BCUT2D eigenvalue weighted by Gasteiger charge is 2.70. The van der Waals surface area contributed by atoms with Crippen molar-refractivity contribution in [2.45, 2.75) is 24.4 Å². The lowest BCUT2D eigenvalue weighted by Crippen LogP contribution is -2.51. The maximum Gasteiger partial charge on any atom is 0.270 e. The zero-order valence-corrected chi connectivity index (χ0v) is 22.6. The summed E-state index contributed by atoms with van der Waals surface area (Å²) in [6.07, 6.45) is 1.99. The highest BCUT2D eigenvalue weighted by molar-refractivity contribution is 7.12. The van der Waals surface area contributed by atoms with Crippen LogP contribution in [0.25, 0.3) is 5.57 Å². The van der Waals surface area contributed by atoms with Gasteiger partial charge in [-0.1, -0.05) is 60.7 Å². The fraction of sp³-hybridized carbons (Fsp3) is 0.156. The molecule has 41 heavy (non-hydrogen) atoms. The van der Waals surface area contributed by atoms with Crippen LogP contribution in [-0.4, -0.2) is 34.5 Å². The molecule has 1 aromatic heterocycles. The summed E-state index contributed by atoms with van der Waals surface area (Å²) in [5, 5.41) is 16.4. The lowest BCUT2D eigenvalue weighted by atomic mass is 9.64. The van der Waals surface area contributed by atoms with Crippen LogP contribution >= 0.6 is 11.3 Å². The van der Waals surface area contributed by atoms with E-state index in [0.29, 0.717) is 16.1 Å². The topological polar surface area (TPSA) is 110 Å². The summed E-state index contributed by atoms with van der Waals surface area (Å²) >= 11 is 1.28. The predicted octanol–water partition coefficient (Wildman–Crippen LogP) is 5.90. The quantitative estimate of drug-likeness (QED) is 0.185. The molecule has 3 aromatic carbocycles. The Morgan fingerprint density at radius 2 is 1.76 bits per heavy atom. The molecule has 1 N–H and O–H groups in total. The molecule has 1 fully saturated rings. The Hall–Kier alpha value is -4.89. The molecule has 0 unspecified atom stereocenters. The molecule has 9 heteroatoms. The van der Waals surface area contributed by atoms with Crippen molar-refractivity contribution in [2.75, 3.05) is 10.2 Å². The summed E-state index contributed by atoms with van der Waals surface area (Å²) in [7, 11) is 0. The molecule has 0 bridgehead atoms. The van der Waals surface area contributed by atoms with Crippen molar-refractivity contribution >= 4 is 51.4 Å². The molecule has 1 saturated heterocycles. The Balaban J connectivity index is 1.55. The van der Waals surface area contributed by atoms with Crippen molar-refractivity contribution in [1.29, 1.82) is 0 Å². The highest BCUT2D eigenvalue weighted by Crippen LogP contribution is 2.59. The molecule has 8 nitrogen and oxygen atoms in total. The molecule has 3 aliphatic rings. The lowest BCUT2D eigenvalue weighted by molar-refractivity contribution is -0.384. The number of allylic oxidation sites excluding steroid dienone is 1. The molecular formula is C32H23N3O5S. The number of fused-ring (bicyclic) bond motifs is 6. The second-order valence-electron chi connectivity index (χ2n) is 10.5. The van der Waals surface area contributed by atoms with Crippen LogP contribution in [0, 0.1) is 16.0 Å². The number of nitrogens with one attached hydrogen (secondary N) is 1. The minimum Gasteiger partial charge on any atom is -0.352 e. The molecule has 4 heterocycles. The zero-order valence-electron chi connectivity index (χ0n) is 21.8. The number of hydrogen-bond acceptors (Lipinski definition) is 7. The van der Waals surface area contributed by atoms with E-state index < -0.39 is 34.1 Å². The van der Waals surface area contributed by atoms with Crippen LogP contribution in [0.5, 0.6) is 0 Å². The number of non-ortho nitro benzene ring substituents is 1. The van der Waals surface area contributed by atoms with E-state index in [2.05, 4.69) is 5.32 Å². The minimum absolute atomic E-state index is 0.0820. The van der Waals surface area contributed by atoms with E-state index in [1.165, 1.54) is 35.6 Å². The highest BCUT2D eigenvalue weighted by atomic mass is 32.1. The van der Waals surface area contributed by atoms with E-state index >= 15 is 0 Å². The summed E-state index contributed by atoms with van der Waals surface area (Å²) in [6, 6.07) is 22.3.